The van der Waals surface area contributed by atoms with Crippen molar-refractivity contribution < 1.29 is 9.18 Å². The van der Waals surface area contributed by atoms with Gasteiger partial charge in [0.2, 0.25) is 5.91 Å². The monoisotopic (exact) mass is 385 g/mol. The number of hydrogen-bond donors (Lipinski definition) is 1. The molecule has 24 heavy (non-hydrogen) atoms. The molecule has 0 saturated heterocycles. The summed E-state index contributed by atoms with van der Waals surface area (Å²) in [4.78, 5) is 19.9. The molecule has 2 aromatic heterocycles. The van der Waals surface area contributed by atoms with Crippen molar-refractivity contribution in [2.45, 2.75) is 13.3 Å². The van der Waals surface area contributed by atoms with E-state index >= 15 is 0 Å². The van der Waals surface area contributed by atoms with Crippen LogP contribution in [-0.4, -0.2) is 25.7 Å². The van der Waals surface area contributed by atoms with Crippen LogP contribution in [0.1, 0.15) is 13.3 Å². The largest absolute Gasteiger partial charge is 0.302 e. The van der Waals surface area contributed by atoms with Gasteiger partial charge in [0.05, 0.1) is 10.0 Å². The van der Waals surface area contributed by atoms with E-state index in [0.29, 0.717) is 27.8 Å². The normalized spacial score (nSPS) is 10.8. The van der Waals surface area contributed by atoms with Crippen LogP contribution in [0, 0.1) is 5.82 Å². The Bertz CT molecular complexity index is 897. The zero-order chi connectivity index (χ0) is 17.3. The van der Waals surface area contributed by atoms with Gasteiger partial charge in [-0.15, -0.1) is 0 Å². The molecule has 2 heterocycles. The number of nitrogens with one attached hydrogen (secondary N) is 1. The van der Waals surface area contributed by atoms with Crippen molar-refractivity contribution in [1.29, 1.82) is 0 Å². The zero-order valence-electron chi connectivity index (χ0n) is 12.3. The summed E-state index contributed by atoms with van der Waals surface area (Å²) in [7, 11) is 0. The quantitative estimate of drug-likeness (QED) is 0.683. The summed E-state index contributed by atoms with van der Waals surface area (Å²) in [5.41, 5.74) is 0.717. The third kappa shape index (κ3) is 3.26. The van der Waals surface area contributed by atoms with E-state index in [0.717, 1.165) is 0 Å². The molecular formula is C14H10Cl2FN5OS. The van der Waals surface area contributed by atoms with Gasteiger partial charge in [-0.2, -0.15) is 5.10 Å². The molecule has 1 N–H and O–H groups in total. The highest BCUT2D eigenvalue weighted by atomic mass is 35.5. The van der Waals surface area contributed by atoms with Crippen molar-refractivity contribution in [2.75, 3.05) is 5.32 Å². The van der Waals surface area contributed by atoms with Crippen molar-refractivity contribution >= 4 is 45.6 Å². The van der Waals surface area contributed by atoms with E-state index in [-0.39, 0.29) is 16.0 Å². The minimum atomic E-state index is -0.618. The maximum atomic E-state index is 13.9. The molecule has 1 aromatic carbocycles. The molecule has 0 bridgehead atoms. The fourth-order valence-corrected chi connectivity index (χ4v) is 3.32. The molecule has 0 aliphatic rings. The number of thiazole rings is 1. The molecule has 10 heteroatoms. The molecule has 1 amide bonds. The summed E-state index contributed by atoms with van der Waals surface area (Å²) in [5.74, 6) is -0.804. The van der Waals surface area contributed by atoms with Crippen LogP contribution >= 0.6 is 34.5 Å². The molecular weight excluding hydrogens is 376 g/mol. The van der Waals surface area contributed by atoms with Gasteiger partial charge in [0.15, 0.2) is 5.13 Å². The van der Waals surface area contributed by atoms with Gasteiger partial charge < -0.3 is 5.32 Å². The van der Waals surface area contributed by atoms with E-state index in [2.05, 4.69) is 20.4 Å². The van der Waals surface area contributed by atoms with Gasteiger partial charge in [-0.25, -0.2) is 19.0 Å². The molecule has 0 atom stereocenters. The van der Waals surface area contributed by atoms with Gasteiger partial charge in [-0.05, 0) is 12.1 Å². The summed E-state index contributed by atoms with van der Waals surface area (Å²) < 4.78 is 15.3. The van der Waals surface area contributed by atoms with Gasteiger partial charge >= 0.3 is 0 Å². The van der Waals surface area contributed by atoms with Crippen molar-refractivity contribution in [3.05, 3.63) is 40.6 Å². The molecule has 3 aromatic rings. The lowest BCUT2D eigenvalue weighted by Gasteiger charge is -2.05. The van der Waals surface area contributed by atoms with E-state index in [1.807, 2.05) is 0 Å². The first kappa shape index (κ1) is 16.8. The highest BCUT2D eigenvalue weighted by Crippen LogP contribution is 2.39. The minimum Gasteiger partial charge on any atom is -0.302 e. The lowest BCUT2D eigenvalue weighted by Crippen LogP contribution is -2.08. The fourth-order valence-electron chi connectivity index (χ4n) is 1.92. The van der Waals surface area contributed by atoms with Gasteiger partial charge in [-0.3, -0.25) is 4.79 Å². The third-order valence-corrected chi connectivity index (χ3v) is 4.63. The number of aromatic nitrogens is 4. The van der Waals surface area contributed by atoms with Gasteiger partial charge in [0.1, 0.15) is 29.2 Å². The van der Waals surface area contributed by atoms with E-state index in [4.69, 9.17) is 23.2 Å². The first-order chi connectivity index (χ1) is 11.5. The summed E-state index contributed by atoms with van der Waals surface area (Å²) in [5, 5.41) is 7.78. The Kier molecular flexibility index (Phi) is 4.79. The van der Waals surface area contributed by atoms with Crippen LogP contribution in [0.25, 0.3) is 16.3 Å². The first-order valence-corrected chi connectivity index (χ1v) is 8.37. The second-order valence-electron chi connectivity index (χ2n) is 4.66. The smallest absolute Gasteiger partial charge is 0.225 e. The number of amides is 1. The van der Waals surface area contributed by atoms with Gasteiger partial charge in [0, 0.05) is 12.0 Å². The molecule has 0 aliphatic carbocycles. The molecule has 6 nitrogen and oxygen atoms in total. The van der Waals surface area contributed by atoms with Crippen LogP contribution in [0.4, 0.5) is 9.52 Å². The number of hydrogen-bond acceptors (Lipinski definition) is 5. The number of anilines is 1. The zero-order valence-corrected chi connectivity index (χ0v) is 14.6. The van der Waals surface area contributed by atoms with Crippen molar-refractivity contribution in [3.63, 3.8) is 0 Å². The van der Waals surface area contributed by atoms with Crippen molar-refractivity contribution in [2.24, 2.45) is 0 Å². The molecule has 0 aliphatic heterocycles. The molecule has 3 rings (SSSR count). The maximum absolute atomic E-state index is 13.9. The van der Waals surface area contributed by atoms with Crippen LogP contribution in [0.2, 0.25) is 10.0 Å². The summed E-state index contributed by atoms with van der Waals surface area (Å²) >= 11 is 13.1. The Hall–Kier alpha value is -2.03. The Labute approximate surface area is 150 Å². The number of nitrogens with zero attached hydrogens (tertiary/aromatic N) is 4. The highest BCUT2D eigenvalue weighted by Gasteiger charge is 2.20. The maximum Gasteiger partial charge on any atom is 0.225 e. The van der Waals surface area contributed by atoms with E-state index in [1.165, 1.54) is 40.8 Å². The molecule has 0 unspecified atom stereocenters. The van der Waals surface area contributed by atoms with Crippen LogP contribution in [0.5, 0.6) is 0 Å². The number of rotatable bonds is 4. The topological polar surface area (TPSA) is 72.7 Å². The average molecular weight is 386 g/mol. The van der Waals surface area contributed by atoms with E-state index in [9.17, 15) is 9.18 Å². The molecule has 0 fully saturated rings. The second kappa shape index (κ2) is 6.84. The molecule has 0 saturated carbocycles. The summed E-state index contributed by atoms with van der Waals surface area (Å²) in [6, 6.07) is 2.51. The second-order valence-corrected chi connectivity index (χ2v) is 6.45. The van der Waals surface area contributed by atoms with Crippen LogP contribution in [0.15, 0.2) is 24.8 Å². The molecule has 0 spiro atoms. The molecule has 124 valence electrons. The summed E-state index contributed by atoms with van der Waals surface area (Å²) in [6.07, 6.45) is 3.14. The van der Waals surface area contributed by atoms with E-state index < -0.39 is 5.82 Å². The minimum absolute atomic E-state index is 0.0826. The van der Waals surface area contributed by atoms with E-state index in [1.54, 1.807) is 6.92 Å². The van der Waals surface area contributed by atoms with Crippen molar-refractivity contribution in [3.8, 4) is 16.3 Å². The Morgan fingerprint density at radius 3 is 2.83 bits per heavy atom. The predicted molar refractivity (Wildman–Crippen MR) is 91.4 cm³/mol. The SMILES string of the molecule is CCC(=O)Nc1nc(-c2cc(F)c(Cl)cc2Cl)c(-n2cncn2)s1. The Morgan fingerprint density at radius 1 is 1.38 bits per heavy atom. The third-order valence-electron chi connectivity index (χ3n) is 3.07. The predicted octanol–water partition coefficient (Wildman–Crippen LogP) is 4.19. The van der Waals surface area contributed by atoms with Crippen LogP contribution in [0.3, 0.4) is 0 Å². The average Bonchev–Trinajstić information content (AvgIpc) is 3.20. The first-order valence-electron chi connectivity index (χ1n) is 6.80. The standard InChI is InChI=1S/C14H10Cl2FN5OS/c1-2-11(23)20-14-21-12(13(24-14)22-6-18-5-19-22)7-3-10(17)9(16)4-8(7)15/h3-6H,2H2,1H3,(H,20,21,23). The van der Waals surface area contributed by atoms with Crippen LogP contribution in [-0.2, 0) is 4.79 Å². The lowest BCUT2D eigenvalue weighted by atomic mass is 10.1. The van der Waals surface area contributed by atoms with Gasteiger partial charge in [-0.1, -0.05) is 41.5 Å². The van der Waals surface area contributed by atoms with Gasteiger partial charge in [0.25, 0.3) is 0 Å². The number of carbonyl (C=O) groups excluding carboxylic acids is 1. The lowest BCUT2D eigenvalue weighted by molar-refractivity contribution is -0.115. The number of benzene rings is 1. The number of halogens is 3. The fraction of sp³-hybridized carbons (Fsp3) is 0.143. The summed E-state index contributed by atoms with van der Waals surface area (Å²) in [6.45, 7) is 1.73. The molecule has 0 radical (unpaired) electrons. The highest BCUT2D eigenvalue weighted by molar-refractivity contribution is 7.18. The Balaban J connectivity index is 2.15. The number of carbonyl (C=O) groups is 1. The Morgan fingerprint density at radius 2 is 2.17 bits per heavy atom. The van der Waals surface area contributed by atoms with Crippen LogP contribution < -0.4 is 5.32 Å². The van der Waals surface area contributed by atoms with Crippen molar-refractivity contribution in [1.82, 2.24) is 19.7 Å².